The lowest BCUT2D eigenvalue weighted by molar-refractivity contribution is 0.202. The first kappa shape index (κ1) is 15.7. The third kappa shape index (κ3) is 4.38. The molecule has 1 aliphatic heterocycles. The topological polar surface area (TPSA) is 66.5 Å². The van der Waals surface area contributed by atoms with Crippen LogP contribution in [0.15, 0.2) is 18.2 Å². The van der Waals surface area contributed by atoms with E-state index in [9.17, 15) is 22.0 Å². The van der Waals surface area contributed by atoms with Crippen LogP contribution >= 0.6 is 0 Å². The van der Waals surface area contributed by atoms with Crippen LogP contribution < -0.4 is 5.32 Å². The number of carbonyl (C=O) groups excluding carboxylic acids is 1. The number of carbonyl (C=O) groups is 1. The zero-order chi connectivity index (χ0) is 15.5. The highest BCUT2D eigenvalue weighted by atomic mass is 32.2. The normalized spacial score (nSPS) is 17.5. The molecule has 1 aliphatic rings. The van der Waals surface area contributed by atoms with Gasteiger partial charge in [0.05, 0.1) is 11.5 Å². The van der Waals surface area contributed by atoms with Crippen LogP contribution in [0.1, 0.15) is 5.56 Å². The summed E-state index contributed by atoms with van der Waals surface area (Å²) >= 11 is 0. The maximum Gasteiger partial charge on any atom is 0.317 e. The molecule has 116 valence electrons. The second-order valence-corrected chi connectivity index (χ2v) is 7.16. The molecule has 1 aromatic rings. The molecule has 21 heavy (non-hydrogen) atoms. The van der Waals surface area contributed by atoms with E-state index in [2.05, 4.69) is 5.32 Å². The van der Waals surface area contributed by atoms with Crippen molar-refractivity contribution in [2.45, 2.75) is 6.42 Å². The van der Waals surface area contributed by atoms with Crippen LogP contribution in [-0.2, 0) is 16.3 Å². The van der Waals surface area contributed by atoms with Crippen LogP contribution in [-0.4, -0.2) is 50.5 Å². The summed E-state index contributed by atoms with van der Waals surface area (Å²) in [5.74, 6) is -1.13. The lowest BCUT2D eigenvalue weighted by atomic mass is 10.1. The van der Waals surface area contributed by atoms with Gasteiger partial charge in [-0.2, -0.15) is 0 Å². The van der Waals surface area contributed by atoms with E-state index in [4.69, 9.17) is 0 Å². The van der Waals surface area contributed by atoms with Gasteiger partial charge in [0.1, 0.15) is 11.6 Å². The van der Waals surface area contributed by atoms with Crippen LogP contribution in [0.2, 0.25) is 0 Å². The predicted molar refractivity (Wildman–Crippen MR) is 73.7 cm³/mol. The van der Waals surface area contributed by atoms with Crippen LogP contribution in [0, 0.1) is 11.6 Å². The Morgan fingerprint density at radius 1 is 1.24 bits per heavy atom. The van der Waals surface area contributed by atoms with Gasteiger partial charge in [-0.1, -0.05) is 0 Å². The van der Waals surface area contributed by atoms with Gasteiger partial charge in [-0.15, -0.1) is 0 Å². The van der Waals surface area contributed by atoms with Crippen LogP contribution in [0.3, 0.4) is 0 Å². The third-order valence-electron chi connectivity index (χ3n) is 3.31. The van der Waals surface area contributed by atoms with Crippen molar-refractivity contribution in [3.8, 4) is 0 Å². The zero-order valence-corrected chi connectivity index (χ0v) is 12.1. The average molecular weight is 318 g/mol. The molecule has 0 radical (unpaired) electrons. The molecule has 1 saturated heterocycles. The highest BCUT2D eigenvalue weighted by Gasteiger charge is 2.24. The number of hydrogen-bond donors (Lipinski definition) is 1. The molecule has 0 bridgehead atoms. The summed E-state index contributed by atoms with van der Waals surface area (Å²) in [5, 5.41) is 2.58. The van der Waals surface area contributed by atoms with E-state index < -0.39 is 21.5 Å². The Bertz CT molecular complexity index is 620. The smallest absolute Gasteiger partial charge is 0.317 e. The van der Waals surface area contributed by atoms with Gasteiger partial charge in [-0.25, -0.2) is 22.0 Å². The predicted octanol–water partition coefficient (Wildman–Crippen LogP) is 0.947. The highest BCUT2D eigenvalue weighted by molar-refractivity contribution is 7.91. The monoisotopic (exact) mass is 318 g/mol. The number of nitrogens with one attached hydrogen (secondary N) is 1. The van der Waals surface area contributed by atoms with Gasteiger partial charge in [0.25, 0.3) is 0 Å². The Hall–Kier alpha value is -1.70. The Morgan fingerprint density at radius 3 is 2.57 bits per heavy atom. The molecule has 8 heteroatoms. The van der Waals surface area contributed by atoms with Gasteiger partial charge < -0.3 is 10.2 Å². The molecule has 0 spiro atoms. The van der Waals surface area contributed by atoms with Crippen molar-refractivity contribution in [1.82, 2.24) is 10.2 Å². The maximum absolute atomic E-state index is 13.4. The molecule has 0 saturated carbocycles. The molecule has 1 fully saturated rings. The summed E-state index contributed by atoms with van der Waals surface area (Å²) in [6.45, 7) is 0.466. The number of halogens is 2. The van der Waals surface area contributed by atoms with E-state index in [1.807, 2.05) is 0 Å². The highest BCUT2D eigenvalue weighted by Crippen LogP contribution is 2.10. The second-order valence-electron chi connectivity index (χ2n) is 4.86. The average Bonchev–Trinajstić information content (AvgIpc) is 2.42. The number of nitrogens with zero attached hydrogens (tertiary/aromatic N) is 1. The molecular weight excluding hydrogens is 302 g/mol. The minimum atomic E-state index is -3.04. The van der Waals surface area contributed by atoms with Gasteiger partial charge in [-0.3, -0.25) is 0 Å². The van der Waals surface area contributed by atoms with E-state index in [1.54, 1.807) is 0 Å². The molecule has 1 heterocycles. The number of amides is 2. The van der Waals surface area contributed by atoms with Gasteiger partial charge in [0.15, 0.2) is 9.84 Å². The summed E-state index contributed by atoms with van der Waals surface area (Å²) < 4.78 is 48.9. The van der Waals surface area contributed by atoms with E-state index in [0.717, 1.165) is 18.2 Å². The summed E-state index contributed by atoms with van der Waals surface area (Å²) in [6.07, 6.45) is 0.168. The fraction of sp³-hybridized carbons (Fsp3) is 0.462. The molecule has 5 nitrogen and oxygen atoms in total. The fourth-order valence-electron chi connectivity index (χ4n) is 2.07. The fourth-order valence-corrected chi connectivity index (χ4v) is 3.27. The van der Waals surface area contributed by atoms with E-state index in [-0.39, 0.29) is 49.2 Å². The molecule has 0 aliphatic carbocycles. The molecule has 2 rings (SSSR count). The standard InChI is InChI=1S/C13H16F2N2O3S/c14-11-1-2-12(15)10(9-11)3-4-16-13(18)17-5-7-21(19,20)8-6-17/h1-2,9H,3-8H2,(H,16,18). The van der Waals surface area contributed by atoms with E-state index in [1.165, 1.54) is 4.90 Å². The van der Waals surface area contributed by atoms with E-state index >= 15 is 0 Å². The molecule has 0 atom stereocenters. The SMILES string of the molecule is O=C(NCCc1cc(F)ccc1F)N1CCS(=O)(=O)CC1. The van der Waals surface area contributed by atoms with Crippen molar-refractivity contribution in [1.29, 1.82) is 0 Å². The largest absolute Gasteiger partial charge is 0.338 e. The summed E-state index contributed by atoms with van der Waals surface area (Å²) in [7, 11) is -3.04. The Morgan fingerprint density at radius 2 is 1.90 bits per heavy atom. The molecule has 1 aromatic carbocycles. The molecular formula is C13H16F2N2O3S. The van der Waals surface area contributed by atoms with Crippen LogP contribution in [0.5, 0.6) is 0 Å². The first-order valence-corrected chi connectivity index (χ1v) is 8.37. The van der Waals surface area contributed by atoms with Crippen molar-refractivity contribution in [2.75, 3.05) is 31.1 Å². The number of sulfone groups is 1. The molecule has 2 amide bonds. The number of urea groups is 1. The lowest BCUT2D eigenvalue weighted by Gasteiger charge is -2.26. The van der Waals surface area contributed by atoms with Gasteiger partial charge in [0.2, 0.25) is 0 Å². The maximum atomic E-state index is 13.4. The van der Waals surface area contributed by atoms with E-state index in [0.29, 0.717) is 0 Å². The van der Waals surface area contributed by atoms with Crippen molar-refractivity contribution < 1.29 is 22.0 Å². The molecule has 1 N–H and O–H groups in total. The number of rotatable bonds is 3. The van der Waals surface area contributed by atoms with Crippen LogP contribution in [0.25, 0.3) is 0 Å². The van der Waals surface area contributed by atoms with Crippen LogP contribution in [0.4, 0.5) is 13.6 Å². The summed E-state index contributed by atoms with van der Waals surface area (Å²) in [6, 6.07) is 2.78. The lowest BCUT2D eigenvalue weighted by Crippen LogP contribution is -2.48. The third-order valence-corrected chi connectivity index (χ3v) is 4.92. The second kappa shape index (κ2) is 6.38. The van der Waals surface area contributed by atoms with Crippen molar-refractivity contribution in [3.05, 3.63) is 35.4 Å². The molecule has 0 unspecified atom stereocenters. The Labute approximate surface area is 121 Å². The minimum Gasteiger partial charge on any atom is -0.338 e. The summed E-state index contributed by atoms with van der Waals surface area (Å²) in [4.78, 5) is 13.2. The molecule has 0 aromatic heterocycles. The zero-order valence-electron chi connectivity index (χ0n) is 11.3. The first-order chi connectivity index (χ1) is 9.87. The number of benzene rings is 1. The van der Waals surface area contributed by atoms with Crippen molar-refractivity contribution in [2.24, 2.45) is 0 Å². The van der Waals surface area contributed by atoms with Crippen molar-refractivity contribution in [3.63, 3.8) is 0 Å². The van der Waals surface area contributed by atoms with Gasteiger partial charge in [-0.05, 0) is 30.2 Å². The minimum absolute atomic E-state index is 0.0427. The van der Waals surface area contributed by atoms with Gasteiger partial charge >= 0.3 is 6.03 Å². The Kier molecular flexibility index (Phi) is 4.76. The Balaban J connectivity index is 1.81. The first-order valence-electron chi connectivity index (χ1n) is 6.54. The quantitative estimate of drug-likeness (QED) is 0.902. The summed E-state index contributed by atoms with van der Waals surface area (Å²) in [5.41, 5.74) is 0.191. The van der Waals surface area contributed by atoms with Gasteiger partial charge in [0, 0.05) is 19.6 Å². The number of hydrogen-bond acceptors (Lipinski definition) is 3. The van der Waals surface area contributed by atoms with Crippen molar-refractivity contribution >= 4 is 15.9 Å².